The molecule has 1 N–H and O–H groups in total. The second-order valence-electron chi connectivity index (χ2n) is 6.55. The van der Waals surface area contributed by atoms with Gasteiger partial charge in [-0.05, 0) is 52.3 Å². The van der Waals surface area contributed by atoms with E-state index in [1.54, 1.807) is 0 Å². The van der Waals surface area contributed by atoms with Crippen molar-refractivity contribution in [2.45, 2.75) is 51.4 Å². The number of carbonyl (C=O) groups excluding carboxylic acids is 1. The van der Waals surface area contributed by atoms with Crippen molar-refractivity contribution < 1.29 is 18.7 Å². The number of anilines is 1. The number of ether oxygens (including phenoxy) is 2. The lowest BCUT2D eigenvalue weighted by Gasteiger charge is -2.28. The summed E-state index contributed by atoms with van der Waals surface area (Å²) in [7, 11) is 1.31. The molecule has 1 saturated heterocycles. The summed E-state index contributed by atoms with van der Waals surface area (Å²) in [5.41, 5.74) is 0.0731. The fraction of sp³-hybridized carbons (Fsp3) is 0.562. The van der Waals surface area contributed by atoms with E-state index in [0.29, 0.717) is 11.3 Å². The Hall–Kier alpha value is -1.62. The number of halogens is 1. The van der Waals surface area contributed by atoms with E-state index in [4.69, 9.17) is 9.47 Å². The first-order valence-electron chi connectivity index (χ1n) is 6.99. The third-order valence-corrected chi connectivity index (χ3v) is 3.79. The van der Waals surface area contributed by atoms with Gasteiger partial charge >= 0.3 is 5.97 Å². The third-order valence-electron chi connectivity index (χ3n) is 3.79. The highest BCUT2D eigenvalue weighted by Gasteiger charge is 2.46. The highest BCUT2D eigenvalue weighted by atomic mass is 19.1. The van der Waals surface area contributed by atoms with E-state index >= 15 is 0 Å². The molecule has 1 atom stereocenters. The van der Waals surface area contributed by atoms with Crippen molar-refractivity contribution in [1.82, 2.24) is 0 Å². The van der Waals surface area contributed by atoms with Crippen LogP contribution in [-0.4, -0.2) is 30.3 Å². The molecule has 1 aromatic rings. The van der Waals surface area contributed by atoms with Gasteiger partial charge in [-0.15, -0.1) is 0 Å². The van der Waals surface area contributed by atoms with Gasteiger partial charge in [0.25, 0.3) is 0 Å². The number of rotatable bonds is 3. The first kappa shape index (κ1) is 15.8. The summed E-state index contributed by atoms with van der Waals surface area (Å²) in [6, 6.07) is 3.96. The minimum atomic E-state index is -0.492. The molecule has 1 aliphatic heterocycles. The van der Waals surface area contributed by atoms with E-state index in [1.807, 2.05) is 27.7 Å². The molecule has 0 bridgehead atoms. The van der Waals surface area contributed by atoms with Crippen LogP contribution in [0.5, 0.6) is 0 Å². The number of benzene rings is 1. The second kappa shape index (κ2) is 5.30. The maximum absolute atomic E-state index is 13.5. The standard InChI is InChI=1S/C16H22FNO3/c1-15(2)9-13(16(3,4)21-15)18-12-8-10(17)6-7-11(12)14(19)20-5/h6-8,13,18H,9H2,1-5H3. The van der Waals surface area contributed by atoms with Crippen molar-refractivity contribution in [2.24, 2.45) is 0 Å². The number of hydrogen-bond acceptors (Lipinski definition) is 4. The minimum absolute atomic E-state index is 0.0299. The molecule has 116 valence electrons. The molecule has 0 radical (unpaired) electrons. The maximum Gasteiger partial charge on any atom is 0.339 e. The van der Waals surface area contributed by atoms with Crippen LogP contribution in [-0.2, 0) is 9.47 Å². The van der Waals surface area contributed by atoms with E-state index in [1.165, 1.54) is 25.3 Å². The molecule has 0 spiro atoms. The molecule has 1 heterocycles. The van der Waals surface area contributed by atoms with Crippen LogP contribution in [0.3, 0.4) is 0 Å². The molecular weight excluding hydrogens is 273 g/mol. The highest BCUT2D eigenvalue weighted by Crippen LogP contribution is 2.39. The molecule has 21 heavy (non-hydrogen) atoms. The van der Waals surface area contributed by atoms with Crippen LogP contribution in [0.1, 0.15) is 44.5 Å². The normalized spacial score (nSPS) is 22.9. The lowest BCUT2D eigenvalue weighted by Crippen LogP contribution is -2.38. The van der Waals surface area contributed by atoms with Gasteiger partial charge in [-0.25, -0.2) is 9.18 Å². The predicted molar refractivity (Wildman–Crippen MR) is 79.0 cm³/mol. The average Bonchev–Trinajstić information content (AvgIpc) is 2.56. The predicted octanol–water partition coefficient (Wildman–Crippen LogP) is 3.37. The smallest absolute Gasteiger partial charge is 0.339 e. The molecule has 2 rings (SSSR count). The molecule has 5 heteroatoms. The lowest BCUT2D eigenvalue weighted by molar-refractivity contribution is -0.0662. The SMILES string of the molecule is COC(=O)c1ccc(F)cc1NC1CC(C)(C)OC1(C)C. The Labute approximate surface area is 124 Å². The Morgan fingerprint density at radius 1 is 1.38 bits per heavy atom. The van der Waals surface area contributed by atoms with Crippen LogP contribution in [0.4, 0.5) is 10.1 Å². The molecule has 0 saturated carbocycles. The summed E-state index contributed by atoms with van der Waals surface area (Å²) < 4.78 is 24.3. The zero-order valence-corrected chi connectivity index (χ0v) is 13.1. The Kier molecular flexibility index (Phi) is 3.97. The quantitative estimate of drug-likeness (QED) is 0.869. The van der Waals surface area contributed by atoms with Crippen LogP contribution in [0, 0.1) is 5.82 Å². The Morgan fingerprint density at radius 2 is 2.05 bits per heavy atom. The van der Waals surface area contributed by atoms with Crippen molar-refractivity contribution >= 4 is 11.7 Å². The van der Waals surface area contributed by atoms with E-state index < -0.39 is 17.4 Å². The number of carbonyl (C=O) groups is 1. The van der Waals surface area contributed by atoms with Gasteiger partial charge in [0.15, 0.2) is 0 Å². The molecule has 1 fully saturated rings. The van der Waals surface area contributed by atoms with Crippen LogP contribution in [0.25, 0.3) is 0 Å². The minimum Gasteiger partial charge on any atom is -0.465 e. The lowest BCUT2D eigenvalue weighted by atomic mass is 9.94. The first-order valence-corrected chi connectivity index (χ1v) is 6.99. The van der Waals surface area contributed by atoms with Crippen LogP contribution >= 0.6 is 0 Å². The van der Waals surface area contributed by atoms with Crippen LogP contribution in [0.15, 0.2) is 18.2 Å². The zero-order valence-electron chi connectivity index (χ0n) is 13.1. The van der Waals surface area contributed by atoms with E-state index in [9.17, 15) is 9.18 Å². The summed E-state index contributed by atoms with van der Waals surface area (Å²) >= 11 is 0. The first-order chi connectivity index (χ1) is 9.64. The molecule has 1 unspecified atom stereocenters. The summed E-state index contributed by atoms with van der Waals surface area (Å²) in [5.74, 6) is -0.894. The fourth-order valence-electron chi connectivity index (χ4n) is 2.90. The Bertz CT molecular complexity index is 554. The summed E-state index contributed by atoms with van der Waals surface area (Å²) in [6.07, 6.45) is 0.761. The molecule has 0 amide bonds. The van der Waals surface area contributed by atoms with Gasteiger partial charge in [-0.1, -0.05) is 0 Å². The number of nitrogens with one attached hydrogen (secondary N) is 1. The molecule has 1 aliphatic rings. The molecule has 4 nitrogen and oxygen atoms in total. The summed E-state index contributed by atoms with van der Waals surface area (Å²) in [5, 5.41) is 3.25. The maximum atomic E-state index is 13.5. The van der Waals surface area contributed by atoms with Crippen LogP contribution in [0.2, 0.25) is 0 Å². The van der Waals surface area contributed by atoms with Crippen molar-refractivity contribution in [2.75, 3.05) is 12.4 Å². The average molecular weight is 295 g/mol. The van der Waals surface area contributed by atoms with Gasteiger partial charge in [0.05, 0.1) is 35.6 Å². The van der Waals surface area contributed by atoms with Gasteiger partial charge in [0.2, 0.25) is 0 Å². The third kappa shape index (κ3) is 3.35. The Morgan fingerprint density at radius 3 is 2.57 bits per heavy atom. The highest BCUT2D eigenvalue weighted by molar-refractivity contribution is 5.95. The number of esters is 1. The summed E-state index contributed by atoms with van der Waals surface area (Å²) in [6.45, 7) is 8.00. The Balaban J connectivity index is 2.31. The molecule has 0 aromatic heterocycles. The van der Waals surface area contributed by atoms with Gasteiger partial charge in [0.1, 0.15) is 5.82 Å². The van der Waals surface area contributed by atoms with Crippen molar-refractivity contribution in [1.29, 1.82) is 0 Å². The van der Waals surface area contributed by atoms with Gasteiger partial charge in [-0.3, -0.25) is 0 Å². The van der Waals surface area contributed by atoms with E-state index in [2.05, 4.69) is 5.32 Å². The number of hydrogen-bond donors (Lipinski definition) is 1. The largest absolute Gasteiger partial charge is 0.465 e. The second-order valence-corrected chi connectivity index (χ2v) is 6.55. The zero-order chi connectivity index (χ0) is 15.8. The van der Waals surface area contributed by atoms with Crippen molar-refractivity contribution in [3.8, 4) is 0 Å². The van der Waals surface area contributed by atoms with Gasteiger partial charge in [0, 0.05) is 0 Å². The molecule has 1 aromatic carbocycles. The van der Waals surface area contributed by atoms with Crippen molar-refractivity contribution in [3.05, 3.63) is 29.6 Å². The van der Waals surface area contributed by atoms with E-state index in [0.717, 1.165) is 6.42 Å². The monoisotopic (exact) mass is 295 g/mol. The number of methoxy groups -OCH3 is 1. The van der Waals surface area contributed by atoms with Gasteiger partial charge < -0.3 is 14.8 Å². The fourth-order valence-corrected chi connectivity index (χ4v) is 2.90. The topological polar surface area (TPSA) is 47.6 Å². The van der Waals surface area contributed by atoms with Gasteiger partial charge in [-0.2, -0.15) is 0 Å². The van der Waals surface area contributed by atoms with E-state index in [-0.39, 0.29) is 11.6 Å². The molecular formula is C16H22FNO3. The van der Waals surface area contributed by atoms with Crippen molar-refractivity contribution in [3.63, 3.8) is 0 Å². The van der Waals surface area contributed by atoms with Crippen LogP contribution < -0.4 is 5.32 Å². The summed E-state index contributed by atoms with van der Waals surface area (Å²) in [4.78, 5) is 11.8. The molecule has 0 aliphatic carbocycles.